The number of barbiturate groups is 1. The lowest BCUT2D eigenvalue weighted by atomic mass is 10.1. The molecule has 0 unspecified atom stereocenters. The van der Waals surface area contributed by atoms with Crippen LogP contribution in [0.3, 0.4) is 0 Å². The maximum absolute atomic E-state index is 13.1. The van der Waals surface area contributed by atoms with Crippen molar-refractivity contribution in [3.63, 3.8) is 0 Å². The van der Waals surface area contributed by atoms with Gasteiger partial charge in [-0.05, 0) is 83.1 Å². The summed E-state index contributed by atoms with van der Waals surface area (Å²) in [5.41, 5.74) is 2.80. The number of carbonyl (C=O) groups excluding carboxylic acids is 3. The van der Waals surface area contributed by atoms with Crippen LogP contribution in [0.4, 0.5) is 10.5 Å². The number of benzene rings is 3. The standard InChI is InChI=1S/C26H20ClIN2O5/c1-15-4-3-5-16(10-15)14-35-23-21(28)12-17(13-22(23)34-2)11-20-24(31)29-26(33)30(25(20)32)19-8-6-18(27)7-9-19/h3-13H,14H2,1-2H3,(H,29,31,33)/b20-11+. The number of anilines is 1. The minimum Gasteiger partial charge on any atom is -0.493 e. The molecular formula is C26H20ClIN2O5. The van der Waals surface area contributed by atoms with Crippen molar-refractivity contribution in [3.8, 4) is 11.5 Å². The Hall–Kier alpha value is -3.37. The van der Waals surface area contributed by atoms with E-state index in [-0.39, 0.29) is 5.57 Å². The van der Waals surface area contributed by atoms with E-state index < -0.39 is 17.8 Å². The van der Waals surface area contributed by atoms with E-state index in [1.165, 1.54) is 25.3 Å². The summed E-state index contributed by atoms with van der Waals surface area (Å²) in [6.07, 6.45) is 1.42. The average molecular weight is 603 g/mol. The largest absolute Gasteiger partial charge is 0.493 e. The zero-order valence-corrected chi connectivity index (χ0v) is 21.7. The number of methoxy groups -OCH3 is 1. The summed E-state index contributed by atoms with van der Waals surface area (Å²) in [6, 6.07) is 16.8. The van der Waals surface area contributed by atoms with Gasteiger partial charge in [0.2, 0.25) is 0 Å². The Morgan fingerprint density at radius 3 is 2.49 bits per heavy atom. The number of nitrogens with one attached hydrogen (secondary N) is 1. The highest BCUT2D eigenvalue weighted by Gasteiger charge is 2.36. The molecule has 4 amide bonds. The molecule has 7 nitrogen and oxygen atoms in total. The molecule has 0 bridgehead atoms. The molecule has 3 aromatic carbocycles. The fourth-order valence-corrected chi connectivity index (χ4v) is 4.48. The summed E-state index contributed by atoms with van der Waals surface area (Å²) in [7, 11) is 1.52. The van der Waals surface area contributed by atoms with Crippen molar-refractivity contribution < 1.29 is 23.9 Å². The normalized spacial score (nSPS) is 14.8. The molecule has 1 aliphatic rings. The molecule has 1 fully saturated rings. The predicted octanol–water partition coefficient (Wildman–Crippen LogP) is 5.51. The van der Waals surface area contributed by atoms with Crippen molar-refractivity contribution in [2.24, 2.45) is 0 Å². The van der Waals surface area contributed by atoms with Gasteiger partial charge in [-0.2, -0.15) is 0 Å². The second-order valence-electron chi connectivity index (χ2n) is 7.75. The number of aryl methyl sites for hydroxylation is 1. The fourth-order valence-electron chi connectivity index (χ4n) is 3.57. The Kier molecular flexibility index (Phi) is 7.42. The highest BCUT2D eigenvalue weighted by Crippen LogP contribution is 2.35. The van der Waals surface area contributed by atoms with E-state index in [1.807, 2.05) is 31.2 Å². The Balaban J connectivity index is 1.64. The second kappa shape index (κ2) is 10.5. The van der Waals surface area contributed by atoms with E-state index in [9.17, 15) is 14.4 Å². The molecule has 35 heavy (non-hydrogen) atoms. The topological polar surface area (TPSA) is 84.9 Å². The van der Waals surface area contributed by atoms with Gasteiger partial charge in [-0.3, -0.25) is 14.9 Å². The van der Waals surface area contributed by atoms with Crippen LogP contribution in [-0.4, -0.2) is 25.0 Å². The van der Waals surface area contributed by atoms with Crippen LogP contribution in [0.25, 0.3) is 6.08 Å². The summed E-state index contributed by atoms with van der Waals surface area (Å²) in [6.45, 7) is 2.37. The summed E-state index contributed by atoms with van der Waals surface area (Å²) >= 11 is 8.02. The number of amides is 4. The van der Waals surface area contributed by atoms with Crippen molar-refractivity contribution >= 4 is 63.8 Å². The number of imide groups is 2. The van der Waals surface area contributed by atoms with Gasteiger partial charge in [0.15, 0.2) is 11.5 Å². The highest BCUT2D eigenvalue weighted by atomic mass is 127. The van der Waals surface area contributed by atoms with Crippen LogP contribution < -0.4 is 19.7 Å². The lowest BCUT2D eigenvalue weighted by Crippen LogP contribution is -2.54. The molecule has 3 aromatic rings. The molecule has 0 spiro atoms. The van der Waals surface area contributed by atoms with E-state index in [0.717, 1.165) is 19.6 Å². The molecule has 4 rings (SSSR count). The van der Waals surface area contributed by atoms with Gasteiger partial charge in [0.25, 0.3) is 11.8 Å². The van der Waals surface area contributed by atoms with Gasteiger partial charge in [0.05, 0.1) is 16.4 Å². The number of urea groups is 1. The monoisotopic (exact) mass is 602 g/mol. The quantitative estimate of drug-likeness (QED) is 0.229. The lowest BCUT2D eigenvalue weighted by Gasteiger charge is -2.26. The third-order valence-electron chi connectivity index (χ3n) is 5.21. The van der Waals surface area contributed by atoms with E-state index in [1.54, 1.807) is 24.3 Å². The summed E-state index contributed by atoms with van der Waals surface area (Å²) < 4.78 is 12.3. The molecule has 0 aliphatic carbocycles. The van der Waals surface area contributed by atoms with E-state index in [0.29, 0.717) is 34.4 Å². The molecule has 0 aromatic heterocycles. The Bertz CT molecular complexity index is 1350. The van der Waals surface area contributed by atoms with Gasteiger partial charge in [0, 0.05) is 5.02 Å². The zero-order valence-electron chi connectivity index (χ0n) is 18.8. The maximum atomic E-state index is 13.1. The van der Waals surface area contributed by atoms with Crippen molar-refractivity contribution in [1.29, 1.82) is 0 Å². The molecule has 0 saturated carbocycles. The zero-order chi connectivity index (χ0) is 25.1. The van der Waals surface area contributed by atoms with Crippen molar-refractivity contribution in [1.82, 2.24) is 5.32 Å². The fraction of sp³-hybridized carbons (Fsp3) is 0.115. The smallest absolute Gasteiger partial charge is 0.335 e. The van der Waals surface area contributed by atoms with Crippen LogP contribution in [0, 0.1) is 10.5 Å². The van der Waals surface area contributed by atoms with Gasteiger partial charge < -0.3 is 9.47 Å². The summed E-state index contributed by atoms with van der Waals surface area (Å²) in [5.74, 6) is -0.520. The highest BCUT2D eigenvalue weighted by molar-refractivity contribution is 14.1. The van der Waals surface area contributed by atoms with E-state index in [2.05, 4.69) is 27.9 Å². The first-order valence-corrected chi connectivity index (χ1v) is 12.0. The van der Waals surface area contributed by atoms with E-state index in [4.69, 9.17) is 21.1 Å². The Labute approximate surface area is 220 Å². The molecular weight excluding hydrogens is 583 g/mol. The van der Waals surface area contributed by atoms with Crippen LogP contribution in [-0.2, 0) is 16.2 Å². The van der Waals surface area contributed by atoms with Gasteiger partial charge in [0.1, 0.15) is 12.2 Å². The molecule has 1 aliphatic heterocycles. The number of hydrogen-bond acceptors (Lipinski definition) is 5. The maximum Gasteiger partial charge on any atom is 0.335 e. The minimum absolute atomic E-state index is 0.189. The summed E-state index contributed by atoms with van der Waals surface area (Å²) in [5, 5.41) is 2.66. The summed E-state index contributed by atoms with van der Waals surface area (Å²) in [4.78, 5) is 38.9. The van der Waals surface area contributed by atoms with Crippen LogP contribution in [0.2, 0.25) is 5.02 Å². The first kappa shape index (κ1) is 24.7. The van der Waals surface area contributed by atoms with Crippen LogP contribution in [0.1, 0.15) is 16.7 Å². The number of ether oxygens (including phenoxy) is 2. The molecule has 178 valence electrons. The van der Waals surface area contributed by atoms with Crippen molar-refractivity contribution in [2.75, 3.05) is 12.0 Å². The lowest BCUT2D eigenvalue weighted by molar-refractivity contribution is -0.122. The molecule has 1 N–H and O–H groups in total. The number of carbonyl (C=O) groups is 3. The minimum atomic E-state index is -0.827. The Morgan fingerprint density at radius 1 is 1.06 bits per heavy atom. The van der Waals surface area contributed by atoms with Crippen molar-refractivity contribution in [3.05, 3.63) is 91.5 Å². The number of hydrogen-bond donors (Lipinski definition) is 1. The molecule has 0 atom stereocenters. The van der Waals surface area contributed by atoms with Gasteiger partial charge in [-0.1, -0.05) is 41.4 Å². The van der Waals surface area contributed by atoms with Crippen LogP contribution in [0.5, 0.6) is 11.5 Å². The van der Waals surface area contributed by atoms with Crippen molar-refractivity contribution in [2.45, 2.75) is 13.5 Å². The molecule has 1 saturated heterocycles. The second-order valence-corrected chi connectivity index (χ2v) is 9.34. The van der Waals surface area contributed by atoms with E-state index >= 15 is 0 Å². The van der Waals surface area contributed by atoms with Gasteiger partial charge in [-0.15, -0.1) is 0 Å². The third-order valence-corrected chi connectivity index (χ3v) is 6.27. The average Bonchev–Trinajstić information content (AvgIpc) is 2.82. The molecule has 1 heterocycles. The van der Waals surface area contributed by atoms with Crippen LogP contribution in [0.15, 0.2) is 66.2 Å². The number of halogens is 2. The first-order chi connectivity index (χ1) is 16.8. The predicted molar refractivity (Wildman–Crippen MR) is 142 cm³/mol. The van der Waals surface area contributed by atoms with Gasteiger partial charge >= 0.3 is 6.03 Å². The molecule has 0 radical (unpaired) electrons. The number of nitrogens with zero attached hydrogens (tertiary/aromatic N) is 1. The Morgan fingerprint density at radius 2 is 1.80 bits per heavy atom. The van der Waals surface area contributed by atoms with Gasteiger partial charge in [-0.25, -0.2) is 9.69 Å². The SMILES string of the molecule is COc1cc(/C=C2\C(=O)NC(=O)N(c3ccc(Cl)cc3)C2=O)cc(I)c1OCc1cccc(C)c1. The number of rotatable bonds is 6. The van der Waals surface area contributed by atoms with Crippen LogP contribution >= 0.6 is 34.2 Å². The first-order valence-electron chi connectivity index (χ1n) is 10.5. The third kappa shape index (κ3) is 5.49. The molecule has 9 heteroatoms.